The molecule has 14 bridgehead atoms. The maximum Gasteiger partial charge on any atom is 0.161 e. The fraction of sp³-hybridized carbons (Fsp3) is 1.00. The van der Waals surface area contributed by atoms with Gasteiger partial charge in [0.05, 0.1) is 85.5 Å². The first-order valence-electron chi connectivity index (χ1n) is 28.1. The molecule has 0 saturated carbocycles. The van der Waals surface area contributed by atoms with E-state index in [0.29, 0.717) is 0 Å². The number of hydrogen-bond acceptors (Lipinski definition) is 14. The van der Waals surface area contributed by atoms with Crippen LogP contribution in [0, 0.1) is 82.9 Å². The fourth-order valence-corrected chi connectivity index (χ4v) is 13.5. The van der Waals surface area contributed by atoms with Crippen LogP contribution < -0.4 is 0 Å². The second-order valence-corrected chi connectivity index (χ2v) is 24.7. The zero-order valence-electron chi connectivity index (χ0n) is 46.9. The fourth-order valence-electron chi connectivity index (χ4n) is 13.5. The van der Waals surface area contributed by atoms with E-state index in [2.05, 4.69) is 145 Å². The third kappa shape index (κ3) is 10.6. The van der Waals surface area contributed by atoms with Crippen molar-refractivity contribution in [3.05, 3.63) is 0 Å². The molecule has 21 aliphatic heterocycles. The molecule has 0 aromatic heterocycles. The van der Waals surface area contributed by atoms with Crippen LogP contribution in [0.15, 0.2) is 0 Å². The normalized spacial score (nSPS) is 59.7. The summed E-state index contributed by atoms with van der Waals surface area (Å²) in [5.74, 6) is 1.37. The second-order valence-electron chi connectivity index (χ2n) is 24.7. The maximum absolute atomic E-state index is 6.97. The monoisotopic (exact) mass is 995 g/mol. The van der Waals surface area contributed by atoms with Crippen LogP contribution >= 0.6 is 0 Å². The minimum absolute atomic E-state index is 0.0576. The minimum Gasteiger partial charge on any atom is -0.347 e. The summed E-state index contributed by atoms with van der Waals surface area (Å²) >= 11 is 0. The van der Waals surface area contributed by atoms with Crippen molar-refractivity contribution in [3.63, 3.8) is 0 Å². The van der Waals surface area contributed by atoms with Gasteiger partial charge in [0, 0.05) is 41.4 Å². The molecule has 21 rings (SSSR count). The molecule has 0 N–H and O–H groups in total. The van der Waals surface area contributed by atoms with Gasteiger partial charge in [0.1, 0.15) is 0 Å². The summed E-state index contributed by atoms with van der Waals surface area (Å²) in [6.07, 6.45) is -5.78. The second kappa shape index (κ2) is 22.2. The van der Waals surface area contributed by atoms with Gasteiger partial charge in [0.25, 0.3) is 0 Å². The van der Waals surface area contributed by atoms with Gasteiger partial charge in [-0.3, -0.25) is 0 Å². The highest BCUT2D eigenvalue weighted by molar-refractivity contribution is 4.96. The van der Waals surface area contributed by atoms with E-state index in [4.69, 9.17) is 66.3 Å². The van der Waals surface area contributed by atoms with Crippen molar-refractivity contribution < 1.29 is 66.3 Å². The molecule has 0 aliphatic carbocycles. The molecule has 21 saturated heterocycles. The van der Waals surface area contributed by atoms with E-state index in [0.717, 1.165) is 0 Å². The molecule has 0 aromatic carbocycles. The smallest absolute Gasteiger partial charge is 0.161 e. The molecule has 14 unspecified atom stereocenters. The molecule has 406 valence electrons. The molecule has 0 spiro atoms. The largest absolute Gasteiger partial charge is 0.347 e. The Morgan fingerprint density at radius 3 is 0.329 bits per heavy atom. The average Bonchev–Trinajstić information content (AvgIpc) is 3.31. The van der Waals surface area contributed by atoms with Crippen LogP contribution in [0.3, 0.4) is 0 Å². The summed E-state index contributed by atoms with van der Waals surface area (Å²) in [6.45, 7) is 46.0. The van der Waals surface area contributed by atoms with E-state index in [1.165, 1.54) is 0 Å². The number of rotatable bonds is 0. The Hall–Kier alpha value is -0.560. The van der Waals surface area contributed by atoms with Crippen LogP contribution in [-0.4, -0.2) is 129 Å². The van der Waals surface area contributed by atoms with Gasteiger partial charge in [-0.15, -0.1) is 0 Å². The van der Waals surface area contributed by atoms with Crippen molar-refractivity contribution in [2.45, 2.75) is 275 Å². The van der Waals surface area contributed by atoms with Gasteiger partial charge in [-0.25, -0.2) is 0 Å². The van der Waals surface area contributed by atoms with Crippen molar-refractivity contribution in [1.29, 1.82) is 0 Å². The number of hydrogen-bond donors (Lipinski definition) is 0. The lowest BCUT2D eigenvalue weighted by atomic mass is 9.81. The van der Waals surface area contributed by atoms with E-state index in [-0.39, 0.29) is 168 Å². The lowest BCUT2D eigenvalue weighted by Gasteiger charge is -2.51. The summed E-state index contributed by atoms with van der Waals surface area (Å²) in [7, 11) is 0. The average molecular weight is 995 g/mol. The quantitative estimate of drug-likeness (QED) is 0.228. The molecular weight excluding hydrogens is 897 g/mol. The van der Waals surface area contributed by atoms with Crippen LogP contribution in [0.25, 0.3) is 0 Å². The molecular formula is C56H98O14. The van der Waals surface area contributed by atoms with Crippen molar-refractivity contribution >= 4 is 0 Å². The van der Waals surface area contributed by atoms with Gasteiger partial charge in [0.2, 0.25) is 0 Å². The summed E-state index contributed by atoms with van der Waals surface area (Å²) in [5, 5.41) is 0. The topological polar surface area (TPSA) is 129 Å². The highest BCUT2D eigenvalue weighted by Crippen LogP contribution is 2.46. The summed E-state index contributed by atoms with van der Waals surface area (Å²) in [6, 6.07) is 0. The SMILES string of the molecule is CC1[C@@H]2OC(C)[C@@H](O[C@H]3OC(C)[C@@H](O[C@@H]4OC(C)[C@@H](O[C@@H]5OC(C)[C@@H](O[C@H]6OC(C)[C@@H](O[C@@H]7OC(C)[C@@H](O[C@@H]8OC(C)[C@@H](O2)[C@H](C)C8C)[C@H](C)C7C)[C@H](C)C6C)[C@H](C)C5C)[C@H](C)C4C)[C@H](C)C3C)[C@@H]1C. The van der Waals surface area contributed by atoms with Crippen molar-refractivity contribution in [3.8, 4) is 0 Å². The Morgan fingerprint density at radius 1 is 0.129 bits per heavy atom. The first kappa shape index (κ1) is 55.7. The Bertz CT molecular complexity index is 1360. The van der Waals surface area contributed by atoms with Crippen molar-refractivity contribution in [2.24, 2.45) is 82.9 Å². The lowest BCUT2D eigenvalue weighted by molar-refractivity contribution is -0.364. The van der Waals surface area contributed by atoms with Gasteiger partial charge >= 0.3 is 0 Å². The minimum atomic E-state index is -0.419. The Kier molecular flexibility index (Phi) is 17.6. The maximum atomic E-state index is 6.97. The summed E-state index contributed by atoms with van der Waals surface area (Å²) in [5.41, 5.74) is 0. The van der Waals surface area contributed by atoms with Crippen molar-refractivity contribution in [1.82, 2.24) is 0 Å². The predicted molar refractivity (Wildman–Crippen MR) is 263 cm³/mol. The molecule has 0 amide bonds. The van der Waals surface area contributed by atoms with Crippen LogP contribution in [0.5, 0.6) is 0 Å². The summed E-state index contributed by atoms with van der Waals surface area (Å²) in [4.78, 5) is 0. The highest BCUT2D eigenvalue weighted by Gasteiger charge is 2.54. The molecule has 21 fully saturated rings. The van der Waals surface area contributed by atoms with Crippen LogP contribution in [-0.2, 0) is 66.3 Å². The predicted octanol–water partition coefficient (Wildman–Crippen LogP) is 9.82. The molecule has 35 atom stereocenters. The van der Waals surface area contributed by atoms with Gasteiger partial charge in [-0.05, 0) is 89.9 Å². The molecule has 14 heteroatoms. The van der Waals surface area contributed by atoms with Gasteiger partial charge in [-0.1, -0.05) is 96.9 Å². The number of ether oxygens (including phenoxy) is 14. The van der Waals surface area contributed by atoms with E-state index in [1.54, 1.807) is 0 Å². The Balaban J connectivity index is 1.02. The highest BCUT2D eigenvalue weighted by atomic mass is 16.8. The van der Waals surface area contributed by atoms with E-state index >= 15 is 0 Å². The molecule has 14 nitrogen and oxygen atoms in total. The third-order valence-corrected chi connectivity index (χ3v) is 20.2. The first-order chi connectivity index (χ1) is 32.9. The van der Waals surface area contributed by atoms with Gasteiger partial charge < -0.3 is 66.3 Å². The van der Waals surface area contributed by atoms with E-state index in [9.17, 15) is 0 Å². The molecule has 0 aromatic rings. The summed E-state index contributed by atoms with van der Waals surface area (Å²) < 4.78 is 96.1. The molecule has 70 heavy (non-hydrogen) atoms. The van der Waals surface area contributed by atoms with Crippen LogP contribution in [0.2, 0.25) is 0 Å². The van der Waals surface area contributed by atoms with Crippen LogP contribution in [0.1, 0.15) is 145 Å². The Labute approximate surface area is 422 Å². The Morgan fingerprint density at radius 2 is 0.229 bits per heavy atom. The van der Waals surface area contributed by atoms with Gasteiger partial charge in [-0.2, -0.15) is 0 Å². The lowest BCUT2D eigenvalue weighted by Crippen LogP contribution is -2.59. The first-order valence-corrected chi connectivity index (χ1v) is 28.1. The van der Waals surface area contributed by atoms with Crippen LogP contribution in [0.4, 0.5) is 0 Å². The third-order valence-electron chi connectivity index (χ3n) is 20.2. The van der Waals surface area contributed by atoms with E-state index < -0.39 is 44.0 Å². The molecule has 21 aliphatic rings. The van der Waals surface area contributed by atoms with Gasteiger partial charge in [0.15, 0.2) is 44.0 Å². The standard InChI is InChI=1S/C56H98O14/c1-22-29(8)50-57-36(15)43(22)64-51-30(9)23(2)45(38(17)58-51)66-53-32(11)25(4)47(40(19)60-53)68-55-34(13)27(6)49(42(21)62-55)70-56-35(14)28(7)48(41(20)63-56)69-54-33(12)26(5)46(39(18)61-54)67-52-31(10)24(3)44(65-50)37(16)59-52/h22-56H,1-21H3/t22-,23-,24-,25-,26-,27-,28-,29?,30?,31?,32?,33?,34?,35?,36?,37?,38?,39?,40?,41?,42?,43+,44+,45+,46+,47+,48+,49+,50-,51-,52+,53+,54+,55+,56-/m1/s1. The zero-order valence-corrected chi connectivity index (χ0v) is 46.9. The molecule has 0 radical (unpaired) electrons. The molecule has 21 heterocycles. The zero-order chi connectivity index (χ0) is 51.1. The van der Waals surface area contributed by atoms with Crippen molar-refractivity contribution in [2.75, 3.05) is 0 Å². The van der Waals surface area contributed by atoms with E-state index in [1.807, 2.05) is 0 Å².